The van der Waals surface area contributed by atoms with E-state index in [2.05, 4.69) is 15.4 Å². The summed E-state index contributed by atoms with van der Waals surface area (Å²) in [5.74, 6) is 1.08. The van der Waals surface area contributed by atoms with Crippen molar-refractivity contribution in [3.05, 3.63) is 137 Å². The van der Waals surface area contributed by atoms with Crippen LogP contribution in [-0.4, -0.2) is 41.4 Å². The number of non-ortho nitro benzene ring substituents is 1. The molecule has 39 heavy (non-hydrogen) atoms. The number of fused-ring (bicyclic) bond motifs is 1. The maximum atomic E-state index is 11.5. The molecule has 0 saturated carbocycles. The second-order valence-electron chi connectivity index (χ2n) is 8.62. The molecular weight excluding hydrogens is 603 g/mol. The summed E-state index contributed by atoms with van der Waals surface area (Å²) in [6.45, 7) is 0. The quantitative estimate of drug-likeness (QED) is 0.160. The predicted molar refractivity (Wildman–Crippen MR) is 149 cm³/mol. The average molecular weight is 623 g/mol. The average Bonchev–Trinajstić information content (AvgIpc) is 3.50. The molecule has 0 atom stereocenters. The molecule has 0 radical (unpaired) electrons. The molecule has 1 aliphatic rings. The molecule has 0 amide bonds. The Kier molecular flexibility index (Phi) is 6.64. The zero-order chi connectivity index (χ0) is 26.7. The van der Waals surface area contributed by atoms with Gasteiger partial charge in [0.25, 0.3) is 0 Å². The Balaban J connectivity index is 1.56. The van der Waals surface area contributed by atoms with E-state index in [1.807, 2.05) is 91.0 Å². The van der Waals surface area contributed by atoms with Crippen molar-refractivity contribution in [2.24, 2.45) is 10.2 Å². The molecule has 1 aromatic heterocycles. The molecule has 0 N–H and O–H groups in total. The van der Waals surface area contributed by atoms with Crippen LogP contribution in [0.2, 0.25) is 0 Å². The second-order valence-corrected chi connectivity index (χ2v) is 16.6. The summed E-state index contributed by atoms with van der Waals surface area (Å²) >= 11 is -4.68. The zero-order valence-corrected chi connectivity index (χ0v) is 23.2. The van der Waals surface area contributed by atoms with E-state index >= 15 is 0 Å². The van der Waals surface area contributed by atoms with Gasteiger partial charge in [-0.05, 0) is 0 Å². The Labute approximate surface area is 228 Å². The monoisotopic (exact) mass is 624 g/mol. The Bertz CT molecular complexity index is 1650. The van der Waals surface area contributed by atoms with Gasteiger partial charge in [0.05, 0.1) is 0 Å². The van der Waals surface area contributed by atoms with Gasteiger partial charge in [0.15, 0.2) is 0 Å². The minimum absolute atomic E-state index is 0.0857. The fraction of sp³-hybridized carbons (Fsp3) is 0. The van der Waals surface area contributed by atoms with Gasteiger partial charge < -0.3 is 0 Å². The molecule has 0 unspecified atom stereocenters. The topological polar surface area (TPSA) is 112 Å². The first-order valence-corrected chi connectivity index (χ1v) is 17.2. The Morgan fingerprint density at radius 3 is 2.03 bits per heavy atom. The number of aromatic nitrogens is 1. The summed E-state index contributed by atoms with van der Waals surface area (Å²) in [6, 6.07) is 35.1. The van der Waals surface area contributed by atoms with Gasteiger partial charge in [0, 0.05) is 0 Å². The van der Waals surface area contributed by atoms with Crippen molar-refractivity contribution >= 4 is 44.2 Å². The number of rotatable bonds is 5. The van der Waals surface area contributed by atoms with Crippen LogP contribution in [0.25, 0.3) is 11.3 Å². The van der Waals surface area contributed by atoms with E-state index in [-0.39, 0.29) is 11.6 Å². The van der Waals surface area contributed by atoms with E-state index in [1.165, 1.54) is 18.3 Å². The van der Waals surface area contributed by atoms with Crippen molar-refractivity contribution in [1.82, 2.24) is 5.16 Å². The Hall–Kier alpha value is -4.77. The third-order valence-corrected chi connectivity index (χ3v) is 15.2. The second kappa shape index (κ2) is 10.5. The SMILES string of the molecule is O=[N+]([O-])c1ccc2c(c1)/C=N\N=C(\c1cc(-c3ccccc3)on1)[O][Sn]([c]1ccccc1)([c]1ccccc1)[O]2. The van der Waals surface area contributed by atoms with Gasteiger partial charge in [-0.25, -0.2) is 0 Å². The van der Waals surface area contributed by atoms with E-state index in [1.54, 1.807) is 12.1 Å². The number of hydrogen-bond donors (Lipinski definition) is 0. The molecule has 0 fully saturated rings. The summed E-state index contributed by atoms with van der Waals surface area (Å²) in [5.41, 5.74) is 1.52. The van der Waals surface area contributed by atoms with E-state index in [0.717, 1.165) is 12.7 Å². The van der Waals surface area contributed by atoms with Gasteiger partial charge in [-0.3, -0.25) is 0 Å². The molecule has 190 valence electrons. The Morgan fingerprint density at radius 1 is 0.744 bits per heavy atom. The van der Waals surface area contributed by atoms with Gasteiger partial charge in [-0.2, -0.15) is 0 Å². The van der Waals surface area contributed by atoms with Gasteiger partial charge >= 0.3 is 229 Å². The van der Waals surface area contributed by atoms with E-state index in [9.17, 15) is 10.1 Å². The summed E-state index contributed by atoms with van der Waals surface area (Å²) in [5, 5.41) is 24.3. The Morgan fingerprint density at radius 2 is 1.38 bits per heavy atom. The first-order valence-electron chi connectivity index (χ1n) is 12.0. The number of nitrogens with zero attached hydrogens (tertiary/aromatic N) is 4. The van der Waals surface area contributed by atoms with Crippen molar-refractivity contribution in [2.45, 2.75) is 0 Å². The molecular formula is C29H20N4O5Sn. The third kappa shape index (κ3) is 4.91. The van der Waals surface area contributed by atoms with Crippen molar-refractivity contribution in [2.75, 3.05) is 0 Å². The first kappa shape index (κ1) is 24.6. The summed E-state index contributed by atoms with van der Waals surface area (Å²) in [7, 11) is 0. The molecule has 0 spiro atoms. The standard InChI is InChI=1S/C17H12N4O5.2C6H5.Sn/c22-15-7-6-13(21(24)25)8-12(15)10-18-19-17(23)14-9-16(26-20-14)11-4-2-1-3-5-11;2*1-2-4-6-5-3-1;/h1-10,22H,(H,19,23);2*1-5H;/q;;;+2/p-2/b18-10-;;;. The van der Waals surface area contributed by atoms with Crippen molar-refractivity contribution in [3.63, 3.8) is 0 Å². The fourth-order valence-electron chi connectivity index (χ4n) is 4.25. The molecule has 10 heteroatoms. The van der Waals surface area contributed by atoms with Crippen LogP contribution in [0.4, 0.5) is 5.69 Å². The van der Waals surface area contributed by atoms with Crippen LogP contribution in [0.5, 0.6) is 5.75 Å². The molecule has 2 heterocycles. The molecule has 6 rings (SSSR count). The molecule has 4 aromatic carbocycles. The van der Waals surface area contributed by atoms with Crippen LogP contribution >= 0.6 is 0 Å². The summed E-state index contributed by atoms with van der Waals surface area (Å²) < 4.78 is 21.1. The van der Waals surface area contributed by atoms with Crippen molar-refractivity contribution in [1.29, 1.82) is 0 Å². The van der Waals surface area contributed by atoms with Crippen LogP contribution in [0.15, 0.2) is 130 Å². The number of hydrogen-bond acceptors (Lipinski definition) is 8. The molecule has 5 aromatic rings. The van der Waals surface area contributed by atoms with Crippen LogP contribution in [0.3, 0.4) is 0 Å². The normalized spacial score (nSPS) is 16.2. The van der Waals surface area contributed by atoms with Gasteiger partial charge in [-0.1, -0.05) is 0 Å². The summed E-state index contributed by atoms with van der Waals surface area (Å²) in [4.78, 5) is 11.0. The van der Waals surface area contributed by atoms with E-state index in [4.69, 9.17) is 10.7 Å². The van der Waals surface area contributed by atoms with Crippen LogP contribution < -0.4 is 10.2 Å². The molecule has 0 saturated heterocycles. The first-order chi connectivity index (χ1) is 19.1. The maximum absolute atomic E-state index is 11.5. The summed E-state index contributed by atoms with van der Waals surface area (Å²) in [6.07, 6.45) is 1.42. The molecule has 9 nitrogen and oxygen atoms in total. The van der Waals surface area contributed by atoms with Crippen LogP contribution in [0.1, 0.15) is 11.3 Å². The predicted octanol–water partition coefficient (Wildman–Crippen LogP) is 4.70. The van der Waals surface area contributed by atoms with Gasteiger partial charge in [-0.15, -0.1) is 0 Å². The zero-order valence-electron chi connectivity index (χ0n) is 20.4. The fourth-order valence-corrected chi connectivity index (χ4v) is 12.9. The molecule has 0 bridgehead atoms. The van der Waals surface area contributed by atoms with Crippen LogP contribution in [-0.2, 0) is 3.07 Å². The minimum atomic E-state index is -4.68. The van der Waals surface area contributed by atoms with E-state index < -0.39 is 24.1 Å². The molecule has 0 aliphatic carbocycles. The number of nitro groups is 1. The van der Waals surface area contributed by atoms with Gasteiger partial charge in [0.2, 0.25) is 0 Å². The van der Waals surface area contributed by atoms with Gasteiger partial charge in [0.1, 0.15) is 0 Å². The van der Waals surface area contributed by atoms with Crippen LogP contribution in [0, 0.1) is 10.1 Å². The molecule has 1 aliphatic heterocycles. The third-order valence-electron chi connectivity index (χ3n) is 6.14. The van der Waals surface area contributed by atoms with E-state index in [0.29, 0.717) is 22.8 Å². The number of benzene rings is 4. The van der Waals surface area contributed by atoms with Crippen molar-refractivity contribution < 1.29 is 15.6 Å². The number of nitro benzene ring substituents is 1. The van der Waals surface area contributed by atoms with Crippen molar-refractivity contribution in [3.8, 4) is 17.1 Å².